The lowest BCUT2D eigenvalue weighted by atomic mass is 10.2. The quantitative estimate of drug-likeness (QED) is 0.551. The van der Waals surface area contributed by atoms with E-state index >= 15 is 0 Å². The first-order valence-corrected chi connectivity index (χ1v) is 4.42. The number of amides is 1. The smallest absolute Gasteiger partial charge is 0.358 e. The standard InChI is InChI=1S/C9H11N3O3/c1-3-11(2)9(13)7-4-5-10-8(6-7)12(14)15/h4-6H,3H2,1-2H3. The molecule has 0 spiro atoms. The normalized spacial score (nSPS) is 9.73. The van der Waals surface area contributed by atoms with E-state index in [1.807, 2.05) is 6.92 Å². The lowest BCUT2D eigenvalue weighted by Gasteiger charge is -2.13. The number of aromatic nitrogens is 1. The second-order valence-electron chi connectivity index (χ2n) is 2.98. The fourth-order valence-electron chi connectivity index (χ4n) is 1.02. The molecule has 0 saturated heterocycles. The molecule has 15 heavy (non-hydrogen) atoms. The van der Waals surface area contributed by atoms with Crippen LogP contribution in [0.5, 0.6) is 0 Å². The zero-order valence-corrected chi connectivity index (χ0v) is 8.51. The van der Waals surface area contributed by atoms with Gasteiger partial charge in [0.15, 0.2) is 0 Å². The monoisotopic (exact) mass is 209 g/mol. The van der Waals surface area contributed by atoms with Crippen molar-refractivity contribution in [2.75, 3.05) is 13.6 Å². The van der Waals surface area contributed by atoms with Crippen molar-refractivity contribution in [3.05, 3.63) is 34.0 Å². The second kappa shape index (κ2) is 4.50. The SMILES string of the molecule is CCN(C)C(=O)c1ccnc([N+](=O)[O-])c1. The van der Waals surface area contributed by atoms with Crippen molar-refractivity contribution in [1.82, 2.24) is 9.88 Å². The molecule has 0 aliphatic carbocycles. The predicted molar refractivity (Wildman–Crippen MR) is 53.5 cm³/mol. The summed E-state index contributed by atoms with van der Waals surface area (Å²) in [6.07, 6.45) is 1.26. The Labute approximate surface area is 86.7 Å². The molecule has 80 valence electrons. The Hall–Kier alpha value is -1.98. The fraction of sp³-hybridized carbons (Fsp3) is 0.333. The number of carbonyl (C=O) groups is 1. The molecule has 0 bridgehead atoms. The van der Waals surface area contributed by atoms with Gasteiger partial charge in [0.25, 0.3) is 5.91 Å². The van der Waals surface area contributed by atoms with Gasteiger partial charge < -0.3 is 15.0 Å². The van der Waals surface area contributed by atoms with E-state index in [4.69, 9.17) is 0 Å². The van der Waals surface area contributed by atoms with Crippen LogP contribution in [0.25, 0.3) is 0 Å². The van der Waals surface area contributed by atoms with E-state index in [9.17, 15) is 14.9 Å². The number of pyridine rings is 1. The summed E-state index contributed by atoms with van der Waals surface area (Å²) in [6, 6.07) is 2.63. The summed E-state index contributed by atoms with van der Waals surface area (Å²) >= 11 is 0. The summed E-state index contributed by atoms with van der Waals surface area (Å²) in [4.78, 5) is 26.4. The van der Waals surface area contributed by atoms with Gasteiger partial charge in [0.05, 0.1) is 5.56 Å². The van der Waals surface area contributed by atoms with Gasteiger partial charge in [0.1, 0.15) is 6.20 Å². The molecule has 0 aliphatic heterocycles. The lowest BCUT2D eigenvalue weighted by molar-refractivity contribution is -0.389. The first-order chi connectivity index (χ1) is 7.06. The van der Waals surface area contributed by atoms with Gasteiger partial charge in [-0.3, -0.25) is 4.79 Å². The molecule has 6 nitrogen and oxygen atoms in total. The van der Waals surface area contributed by atoms with Crippen LogP contribution in [-0.2, 0) is 0 Å². The van der Waals surface area contributed by atoms with E-state index < -0.39 is 4.92 Å². The molecule has 1 aromatic rings. The van der Waals surface area contributed by atoms with E-state index in [1.165, 1.54) is 23.2 Å². The third-order valence-electron chi connectivity index (χ3n) is 2.00. The topological polar surface area (TPSA) is 76.3 Å². The van der Waals surface area contributed by atoms with Crippen molar-refractivity contribution in [2.24, 2.45) is 0 Å². The zero-order chi connectivity index (χ0) is 11.4. The van der Waals surface area contributed by atoms with Crippen molar-refractivity contribution < 1.29 is 9.72 Å². The molecule has 6 heteroatoms. The number of rotatable bonds is 3. The zero-order valence-electron chi connectivity index (χ0n) is 8.51. The summed E-state index contributed by atoms with van der Waals surface area (Å²) in [7, 11) is 1.63. The predicted octanol–water partition coefficient (Wildman–Crippen LogP) is 1.08. The minimum absolute atomic E-state index is 0.247. The van der Waals surface area contributed by atoms with Crippen molar-refractivity contribution >= 4 is 11.7 Å². The molecular formula is C9H11N3O3. The maximum Gasteiger partial charge on any atom is 0.364 e. The van der Waals surface area contributed by atoms with Crippen LogP contribution in [0, 0.1) is 10.1 Å². The van der Waals surface area contributed by atoms with Crippen LogP contribution in [0.2, 0.25) is 0 Å². The van der Waals surface area contributed by atoms with Crippen LogP contribution in [0.15, 0.2) is 18.3 Å². The van der Waals surface area contributed by atoms with Crippen LogP contribution >= 0.6 is 0 Å². The minimum atomic E-state index is -0.622. The van der Waals surface area contributed by atoms with E-state index in [0.717, 1.165) is 0 Å². The Kier molecular flexibility index (Phi) is 3.33. The summed E-state index contributed by atoms with van der Waals surface area (Å²) < 4.78 is 0. The molecule has 1 aromatic heterocycles. The molecule has 0 fully saturated rings. The van der Waals surface area contributed by atoms with E-state index in [2.05, 4.69) is 4.98 Å². The third kappa shape index (κ3) is 2.49. The van der Waals surface area contributed by atoms with E-state index in [0.29, 0.717) is 6.54 Å². The Morgan fingerprint density at radius 3 is 2.87 bits per heavy atom. The molecule has 0 aromatic carbocycles. The van der Waals surface area contributed by atoms with Gasteiger partial charge in [-0.2, -0.15) is 0 Å². The van der Waals surface area contributed by atoms with Crippen LogP contribution < -0.4 is 0 Å². The van der Waals surface area contributed by atoms with Crippen LogP contribution in [0.1, 0.15) is 17.3 Å². The van der Waals surface area contributed by atoms with Crippen molar-refractivity contribution in [2.45, 2.75) is 6.92 Å². The summed E-state index contributed by atoms with van der Waals surface area (Å²) in [6.45, 7) is 2.38. The van der Waals surface area contributed by atoms with E-state index in [-0.39, 0.29) is 17.3 Å². The van der Waals surface area contributed by atoms with Crippen molar-refractivity contribution in [3.63, 3.8) is 0 Å². The number of nitro groups is 1. The van der Waals surface area contributed by atoms with Gasteiger partial charge in [-0.25, -0.2) is 0 Å². The lowest BCUT2D eigenvalue weighted by Crippen LogP contribution is -2.26. The van der Waals surface area contributed by atoms with Gasteiger partial charge in [0, 0.05) is 19.7 Å². The molecule has 1 rings (SSSR count). The van der Waals surface area contributed by atoms with Gasteiger partial charge >= 0.3 is 5.82 Å². The fourth-order valence-corrected chi connectivity index (χ4v) is 1.02. The Balaban J connectivity index is 3.00. The van der Waals surface area contributed by atoms with Crippen LogP contribution in [-0.4, -0.2) is 34.3 Å². The molecular weight excluding hydrogens is 198 g/mol. The van der Waals surface area contributed by atoms with Gasteiger partial charge in [-0.1, -0.05) is 0 Å². The number of nitrogens with zero attached hydrogens (tertiary/aromatic N) is 3. The average Bonchev–Trinajstić information content (AvgIpc) is 2.27. The van der Waals surface area contributed by atoms with Gasteiger partial charge in [0.2, 0.25) is 0 Å². The molecule has 0 saturated carbocycles. The highest BCUT2D eigenvalue weighted by molar-refractivity contribution is 5.94. The molecule has 0 N–H and O–H groups in total. The number of hydrogen-bond acceptors (Lipinski definition) is 4. The number of carbonyl (C=O) groups excluding carboxylic acids is 1. The molecule has 1 heterocycles. The summed E-state index contributed by atoms with van der Waals surface area (Å²) in [5.41, 5.74) is 0.279. The summed E-state index contributed by atoms with van der Waals surface area (Å²) in [5.74, 6) is -0.562. The minimum Gasteiger partial charge on any atom is -0.358 e. The van der Waals surface area contributed by atoms with Gasteiger partial charge in [-0.15, -0.1) is 0 Å². The maximum atomic E-state index is 11.6. The molecule has 1 amide bonds. The number of hydrogen-bond donors (Lipinski definition) is 0. The van der Waals surface area contributed by atoms with Crippen molar-refractivity contribution in [3.8, 4) is 0 Å². The highest BCUT2D eigenvalue weighted by Gasteiger charge is 2.14. The molecule has 0 unspecified atom stereocenters. The largest absolute Gasteiger partial charge is 0.364 e. The van der Waals surface area contributed by atoms with Gasteiger partial charge in [-0.05, 0) is 22.9 Å². The molecule has 0 radical (unpaired) electrons. The van der Waals surface area contributed by atoms with Crippen LogP contribution in [0.4, 0.5) is 5.82 Å². The average molecular weight is 209 g/mol. The highest BCUT2D eigenvalue weighted by Crippen LogP contribution is 2.10. The summed E-state index contributed by atoms with van der Waals surface area (Å²) in [5, 5.41) is 10.4. The molecule has 0 aliphatic rings. The van der Waals surface area contributed by atoms with E-state index in [1.54, 1.807) is 7.05 Å². The third-order valence-corrected chi connectivity index (χ3v) is 2.00. The van der Waals surface area contributed by atoms with Crippen molar-refractivity contribution in [1.29, 1.82) is 0 Å². The van der Waals surface area contributed by atoms with Crippen LogP contribution in [0.3, 0.4) is 0 Å². The maximum absolute atomic E-state index is 11.6. The first-order valence-electron chi connectivity index (χ1n) is 4.42. The molecule has 0 atom stereocenters. The first kappa shape index (κ1) is 11.1. The Morgan fingerprint density at radius 2 is 2.33 bits per heavy atom. The second-order valence-corrected chi connectivity index (χ2v) is 2.98. The Morgan fingerprint density at radius 1 is 1.67 bits per heavy atom. The Bertz CT molecular complexity index is 392. The highest BCUT2D eigenvalue weighted by atomic mass is 16.6.